The fraction of sp³-hybridized carbons (Fsp3) is 0.917. The lowest BCUT2D eigenvalue weighted by molar-refractivity contribution is 0.195. The van der Waals surface area contributed by atoms with Gasteiger partial charge in [0, 0.05) is 25.7 Å². The number of amides is 2. The molecule has 2 bridgehead atoms. The molecule has 2 unspecified atom stereocenters. The second-order valence-corrected chi connectivity index (χ2v) is 5.04. The van der Waals surface area contributed by atoms with Crippen molar-refractivity contribution < 1.29 is 4.79 Å². The molecule has 2 N–H and O–H groups in total. The van der Waals surface area contributed by atoms with Crippen molar-refractivity contribution in [2.24, 2.45) is 5.92 Å². The summed E-state index contributed by atoms with van der Waals surface area (Å²) in [6.07, 6.45) is 4.71. The number of rotatable bonds is 3. The third-order valence-corrected chi connectivity index (χ3v) is 3.63. The van der Waals surface area contributed by atoms with Crippen molar-refractivity contribution in [3.63, 3.8) is 0 Å². The van der Waals surface area contributed by atoms with E-state index in [0.29, 0.717) is 12.0 Å². The van der Waals surface area contributed by atoms with Gasteiger partial charge in [0.15, 0.2) is 0 Å². The van der Waals surface area contributed by atoms with Gasteiger partial charge in [-0.05, 0) is 31.7 Å². The zero-order valence-corrected chi connectivity index (χ0v) is 10.2. The van der Waals surface area contributed by atoms with Crippen LogP contribution in [0.5, 0.6) is 0 Å². The van der Waals surface area contributed by atoms with Gasteiger partial charge in [-0.25, -0.2) is 4.79 Å². The van der Waals surface area contributed by atoms with Gasteiger partial charge in [-0.1, -0.05) is 13.3 Å². The Bertz CT molecular complexity index is 222. The molecule has 2 atom stereocenters. The highest BCUT2D eigenvalue weighted by Crippen LogP contribution is 2.21. The summed E-state index contributed by atoms with van der Waals surface area (Å²) in [5.41, 5.74) is 0. The summed E-state index contributed by atoms with van der Waals surface area (Å²) < 4.78 is 0. The SMILES string of the molecule is CCCCNC(=O)N1CC2CCC(C1)NC2. The van der Waals surface area contributed by atoms with Crippen molar-refractivity contribution >= 4 is 6.03 Å². The topological polar surface area (TPSA) is 44.4 Å². The highest BCUT2D eigenvalue weighted by atomic mass is 16.2. The molecule has 3 aliphatic rings. The molecule has 3 heterocycles. The van der Waals surface area contributed by atoms with Crippen LogP contribution >= 0.6 is 0 Å². The zero-order chi connectivity index (χ0) is 11.4. The van der Waals surface area contributed by atoms with E-state index in [9.17, 15) is 4.79 Å². The average Bonchev–Trinajstić information content (AvgIpc) is 2.62. The van der Waals surface area contributed by atoms with Crippen molar-refractivity contribution in [2.75, 3.05) is 26.2 Å². The number of nitrogens with zero attached hydrogens (tertiary/aromatic N) is 1. The minimum absolute atomic E-state index is 0.133. The highest BCUT2D eigenvalue weighted by molar-refractivity contribution is 5.74. The molecule has 3 aliphatic heterocycles. The molecule has 2 amide bonds. The Labute approximate surface area is 97.8 Å². The monoisotopic (exact) mass is 225 g/mol. The number of hydrogen-bond donors (Lipinski definition) is 2. The maximum Gasteiger partial charge on any atom is 0.317 e. The van der Waals surface area contributed by atoms with Crippen LogP contribution in [0, 0.1) is 5.92 Å². The van der Waals surface area contributed by atoms with Crippen LogP contribution in [0.2, 0.25) is 0 Å². The van der Waals surface area contributed by atoms with Gasteiger partial charge in [0.2, 0.25) is 0 Å². The first-order valence-electron chi connectivity index (χ1n) is 6.55. The minimum Gasteiger partial charge on any atom is -0.338 e. The largest absolute Gasteiger partial charge is 0.338 e. The van der Waals surface area contributed by atoms with Crippen LogP contribution in [0.3, 0.4) is 0 Å². The number of carbonyl (C=O) groups excluding carboxylic acids is 1. The smallest absolute Gasteiger partial charge is 0.317 e. The molecular formula is C12H23N3O. The fourth-order valence-electron chi connectivity index (χ4n) is 2.59. The van der Waals surface area contributed by atoms with Gasteiger partial charge >= 0.3 is 6.03 Å². The standard InChI is InChI=1S/C12H23N3O/c1-2-3-6-13-12(16)15-8-10-4-5-11(9-15)14-7-10/h10-11,14H,2-9H2,1H3,(H,13,16). The van der Waals surface area contributed by atoms with Crippen LogP contribution in [0.1, 0.15) is 32.6 Å². The molecule has 4 heteroatoms. The molecule has 0 radical (unpaired) electrons. The highest BCUT2D eigenvalue weighted by Gasteiger charge is 2.30. The van der Waals surface area contributed by atoms with E-state index in [1.165, 1.54) is 12.8 Å². The molecule has 3 saturated heterocycles. The van der Waals surface area contributed by atoms with Crippen LogP contribution in [0.4, 0.5) is 4.79 Å². The number of hydrogen-bond acceptors (Lipinski definition) is 2. The van der Waals surface area contributed by atoms with Gasteiger partial charge in [-0.15, -0.1) is 0 Å². The van der Waals surface area contributed by atoms with E-state index in [4.69, 9.17) is 0 Å². The lowest BCUT2D eigenvalue weighted by Gasteiger charge is -2.23. The van der Waals surface area contributed by atoms with Crippen molar-refractivity contribution in [3.05, 3.63) is 0 Å². The lowest BCUT2D eigenvalue weighted by Crippen LogP contribution is -2.44. The predicted molar refractivity (Wildman–Crippen MR) is 64.4 cm³/mol. The molecule has 0 aromatic rings. The van der Waals surface area contributed by atoms with E-state index in [-0.39, 0.29) is 6.03 Å². The first-order valence-corrected chi connectivity index (χ1v) is 6.55. The Morgan fingerprint density at radius 2 is 2.31 bits per heavy atom. The molecule has 92 valence electrons. The Kier molecular flexibility index (Phi) is 4.04. The number of urea groups is 1. The van der Waals surface area contributed by atoms with Crippen molar-refractivity contribution in [2.45, 2.75) is 38.6 Å². The molecule has 0 aromatic heterocycles. The molecular weight excluding hydrogens is 202 g/mol. The van der Waals surface area contributed by atoms with Crippen LogP contribution in [-0.2, 0) is 0 Å². The third-order valence-electron chi connectivity index (χ3n) is 3.63. The van der Waals surface area contributed by atoms with Gasteiger partial charge in [-0.2, -0.15) is 0 Å². The number of carbonyl (C=O) groups is 1. The third kappa shape index (κ3) is 2.88. The Balaban J connectivity index is 1.82. The van der Waals surface area contributed by atoms with Crippen LogP contribution in [0.15, 0.2) is 0 Å². The molecule has 3 fully saturated rings. The summed E-state index contributed by atoms with van der Waals surface area (Å²) in [6, 6.07) is 0.657. The van der Waals surface area contributed by atoms with E-state index in [1.807, 2.05) is 4.90 Å². The maximum absolute atomic E-state index is 11.9. The van der Waals surface area contributed by atoms with Gasteiger partial charge in [0.1, 0.15) is 0 Å². The van der Waals surface area contributed by atoms with Crippen LogP contribution < -0.4 is 10.6 Å². The van der Waals surface area contributed by atoms with Crippen molar-refractivity contribution in [1.29, 1.82) is 0 Å². The fourth-order valence-corrected chi connectivity index (χ4v) is 2.59. The Morgan fingerprint density at radius 3 is 3.00 bits per heavy atom. The lowest BCUT2D eigenvalue weighted by atomic mass is 9.97. The number of nitrogens with one attached hydrogen (secondary N) is 2. The van der Waals surface area contributed by atoms with Crippen LogP contribution in [0.25, 0.3) is 0 Å². The Morgan fingerprint density at radius 1 is 1.44 bits per heavy atom. The Hall–Kier alpha value is -0.770. The van der Waals surface area contributed by atoms with E-state index < -0.39 is 0 Å². The molecule has 0 saturated carbocycles. The quantitative estimate of drug-likeness (QED) is 0.708. The summed E-state index contributed by atoms with van der Waals surface area (Å²) in [5.74, 6) is 0.663. The van der Waals surface area contributed by atoms with E-state index in [0.717, 1.165) is 39.0 Å². The summed E-state index contributed by atoms with van der Waals surface area (Å²) >= 11 is 0. The summed E-state index contributed by atoms with van der Waals surface area (Å²) in [6.45, 7) is 5.86. The minimum atomic E-state index is 0.133. The summed E-state index contributed by atoms with van der Waals surface area (Å²) in [7, 11) is 0. The number of fused-ring (bicyclic) bond motifs is 4. The molecule has 4 nitrogen and oxygen atoms in total. The van der Waals surface area contributed by atoms with Crippen LogP contribution in [-0.4, -0.2) is 43.2 Å². The van der Waals surface area contributed by atoms with E-state index >= 15 is 0 Å². The predicted octanol–water partition coefficient (Wildman–Crippen LogP) is 1.18. The van der Waals surface area contributed by atoms with Crippen molar-refractivity contribution in [1.82, 2.24) is 15.5 Å². The van der Waals surface area contributed by atoms with Gasteiger partial charge < -0.3 is 15.5 Å². The van der Waals surface area contributed by atoms with Crippen molar-refractivity contribution in [3.8, 4) is 0 Å². The normalized spacial score (nSPS) is 28.9. The van der Waals surface area contributed by atoms with E-state index in [2.05, 4.69) is 17.6 Å². The molecule has 0 aliphatic carbocycles. The van der Waals surface area contributed by atoms with Gasteiger partial charge in [0.25, 0.3) is 0 Å². The summed E-state index contributed by atoms with van der Waals surface area (Å²) in [5, 5.41) is 6.52. The first-order chi connectivity index (χ1) is 7.79. The van der Waals surface area contributed by atoms with E-state index in [1.54, 1.807) is 0 Å². The van der Waals surface area contributed by atoms with Gasteiger partial charge in [0.05, 0.1) is 0 Å². The molecule has 16 heavy (non-hydrogen) atoms. The maximum atomic E-state index is 11.9. The average molecular weight is 225 g/mol. The number of piperidine rings is 1. The zero-order valence-electron chi connectivity index (χ0n) is 10.2. The molecule has 3 rings (SSSR count). The second kappa shape index (κ2) is 5.53. The first kappa shape index (κ1) is 11.7. The summed E-state index contributed by atoms with van der Waals surface area (Å²) in [4.78, 5) is 13.9. The molecule has 0 spiro atoms. The molecule has 0 aromatic carbocycles. The second-order valence-electron chi connectivity index (χ2n) is 5.04. The number of unbranched alkanes of at least 4 members (excludes halogenated alkanes) is 1. The van der Waals surface area contributed by atoms with Gasteiger partial charge in [-0.3, -0.25) is 0 Å².